The quantitative estimate of drug-likeness (QED) is 0.749. The molecule has 0 aliphatic rings. The van der Waals surface area contributed by atoms with Gasteiger partial charge < -0.3 is 19.4 Å². The minimum atomic E-state index is -0.0370. The van der Waals surface area contributed by atoms with Crippen LogP contribution in [0.5, 0.6) is 11.5 Å². The summed E-state index contributed by atoms with van der Waals surface area (Å²) in [5, 5.41) is 2.93. The van der Waals surface area contributed by atoms with Crippen molar-refractivity contribution in [3.63, 3.8) is 0 Å². The topological polar surface area (TPSA) is 65.4 Å². The van der Waals surface area contributed by atoms with Gasteiger partial charge in [-0.1, -0.05) is 12.1 Å². The number of ether oxygens (including phenoxy) is 2. The first kappa shape index (κ1) is 16.8. The zero-order valence-electron chi connectivity index (χ0n) is 14.6. The summed E-state index contributed by atoms with van der Waals surface area (Å²) in [5.74, 6) is 1.28. The Balaban J connectivity index is 1.62. The third kappa shape index (κ3) is 3.74. The molecule has 1 N–H and O–H groups in total. The normalized spacial score (nSPS) is 10.7. The standard InChI is InChI=1S/C19H21N3O3/c1-22-12-21-15-8-13(4-6-16(15)22)10-19(23)20-11-14-5-7-17(24-2)18(9-14)25-3/h4-9,12H,10-11H2,1-3H3,(H,20,23). The zero-order chi connectivity index (χ0) is 17.8. The van der Waals surface area contributed by atoms with Gasteiger partial charge in [0.2, 0.25) is 5.91 Å². The minimum Gasteiger partial charge on any atom is -0.493 e. The molecule has 1 aromatic heterocycles. The van der Waals surface area contributed by atoms with Crippen molar-refractivity contribution in [3.05, 3.63) is 53.9 Å². The number of nitrogens with zero attached hydrogens (tertiary/aromatic N) is 2. The number of carbonyl (C=O) groups is 1. The van der Waals surface area contributed by atoms with Crippen LogP contribution in [-0.4, -0.2) is 29.7 Å². The van der Waals surface area contributed by atoms with E-state index >= 15 is 0 Å². The van der Waals surface area contributed by atoms with E-state index in [0.29, 0.717) is 24.5 Å². The molecule has 1 heterocycles. The molecule has 0 saturated carbocycles. The summed E-state index contributed by atoms with van der Waals surface area (Å²) in [7, 11) is 5.14. The van der Waals surface area contributed by atoms with Crippen LogP contribution in [-0.2, 0) is 24.8 Å². The van der Waals surface area contributed by atoms with Crippen molar-refractivity contribution in [2.24, 2.45) is 7.05 Å². The van der Waals surface area contributed by atoms with Gasteiger partial charge in [0.15, 0.2) is 11.5 Å². The van der Waals surface area contributed by atoms with Crippen LogP contribution in [0.1, 0.15) is 11.1 Å². The fourth-order valence-electron chi connectivity index (χ4n) is 2.73. The molecule has 0 atom stereocenters. The van der Waals surface area contributed by atoms with Crippen molar-refractivity contribution < 1.29 is 14.3 Å². The highest BCUT2D eigenvalue weighted by Crippen LogP contribution is 2.27. The molecule has 130 valence electrons. The summed E-state index contributed by atoms with van der Waals surface area (Å²) >= 11 is 0. The molecule has 0 aliphatic heterocycles. The van der Waals surface area contributed by atoms with Gasteiger partial charge in [0.25, 0.3) is 0 Å². The summed E-state index contributed by atoms with van der Waals surface area (Å²) in [6, 6.07) is 11.5. The fraction of sp³-hybridized carbons (Fsp3) is 0.263. The van der Waals surface area contributed by atoms with Gasteiger partial charge in [-0.25, -0.2) is 4.98 Å². The lowest BCUT2D eigenvalue weighted by Crippen LogP contribution is -2.24. The number of benzene rings is 2. The number of aromatic nitrogens is 2. The maximum Gasteiger partial charge on any atom is 0.224 e. The highest BCUT2D eigenvalue weighted by atomic mass is 16.5. The van der Waals surface area contributed by atoms with Gasteiger partial charge in [-0.3, -0.25) is 4.79 Å². The lowest BCUT2D eigenvalue weighted by Gasteiger charge is -2.10. The Labute approximate surface area is 146 Å². The minimum absolute atomic E-state index is 0.0370. The van der Waals surface area contributed by atoms with E-state index in [-0.39, 0.29) is 5.91 Å². The lowest BCUT2D eigenvalue weighted by molar-refractivity contribution is -0.120. The Morgan fingerprint density at radius 3 is 2.60 bits per heavy atom. The van der Waals surface area contributed by atoms with Crippen LogP contribution in [0.4, 0.5) is 0 Å². The van der Waals surface area contributed by atoms with Crippen LogP contribution in [0.3, 0.4) is 0 Å². The first-order valence-corrected chi connectivity index (χ1v) is 7.98. The van der Waals surface area contributed by atoms with E-state index in [4.69, 9.17) is 9.47 Å². The van der Waals surface area contributed by atoms with Crippen LogP contribution in [0.2, 0.25) is 0 Å². The number of fused-ring (bicyclic) bond motifs is 1. The van der Waals surface area contributed by atoms with Crippen LogP contribution < -0.4 is 14.8 Å². The Bertz CT molecular complexity index is 902. The molecule has 3 rings (SSSR count). The SMILES string of the molecule is COc1ccc(CNC(=O)Cc2ccc3c(c2)ncn3C)cc1OC. The van der Waals surface area contributed by atoms with Crippen molar-refractivity contribution in [3.8, 4) is 11.5 Å². The Kier molecular flexibility index (Phi) is 4.88. The van der Waals surface area contributed by atoms with Crippen LogP contribution in [0.25, 0.3) is 11.0 Å². The smallest absolute Gasteiger partial charge is 0.224 e. The van der Waals surface area contributed by atoms with E-state index in [1.165, 1.54) is 0 Å². The number of aryl methyl sites for hydroxylation is 1. The molecule has 0 unspecified atom stereocenters. The van der Waals surface area contributed by atoms with Crippen molar-refractivity contribution >= 4 is 16.9 Å². The van der Waals surface area contributed by atoms with Gasteiger partial charge in [-0.15, -0.1) is 0 Å². The predicted molar refractivity (Wildman–Crippen MR) is 95.8 cm³/mol. The number of hydrogen-bond donors (Lipinski definition) is 1. The Morgan fingerprint density at radius 1 is 1.08 bits per heavy atom. The average Bonchev–Trinajstić information content (AvgIpc) is 3.00. The Hall–Kier alpha value is -3.02. The fourth-order valence-corrected chi connectivity index (χ4v) is 2.73. The summed E-state index contributed by atoms with van der Waals surface area (Å²) in [4.78, 5) is 16.5. The molecular weight excluding hydrogens is 318 g/mol. The number of amides is 1. The molecule has 25 heavy (non-hydrogen) atoms. The first-order chi connectivity index (χ1) is 12.1. The monoisotopic (exact) mass is 339 g/mol. The van der Waals surface area contributed by atoms with Gasteiger partial charge in [-0.05, 0) is 35.4 Å². The van der Waals surface area contributed by atoms with E-state index in [2.05, 4.69) is 10.3 Å². The third-order valence-electron chi connectivity index (χ3n) is 4.09. The molecule has 6 heteroatoms. The zero-order valence-corrected chi connectivity index (χ0v) is 14.6. The second kappa shape index (κ2) is 7.25. The molecule has 0 spiro atoms. The molecule has 6 nitrogen and oxygen atoms in total. The third-order valence-corrected chi connectivity index (χ3v) is 4.09. The highest BCUT2D eigenvalue weighted by Gasteiger charge is 2.08. The van der Waals surface area contributed by atoms with Crippen molar-refractivity contribution in [2.45, 2.75) is 13.0 Å². The second-order valence-electron chi connectivity index (χ2n) is 5.82. The second-order valence-corrected chi connectivity index (χ2v) is 5.82. The number of rotatable bonds is 6. The van der Waals surface area contributed by atoms with Gasteiger partial charge in [-0.2, -0.15) is 0 Å². The van der Waals surface area contributed by atoms with Crippen LogP contribution >= 0.6 is 0 Å². The van der Waals surface area contributed by atoms with E-state index in [9.17, 15) is 4.79 Å². The summed E-state index contributed by atoms with van der Waals surface area (Å²) < 4.78 is 12.4. The molecule has 0 bridgehead atoms. The summed E-state index contributed by atoms with van der Waals surface area (Å²) in [6.45, 7) is 0.436. The van der Waals surface area contributed by atoms with Gasteiger partial charge in [0.05, 0.1) is 38.0 Å². The highest BCUT2D eigenvalue weighted by molar-refractivity contribution is 5.81. The molecule has 3 aromatic rings. The van der Waals surface area contributed by atoms with E-state index in [1.54, 1.807) is 20.5 Å². The van der Waals surface area contributed by atoms with Crippen molar-refractivity contribution in [1.29, 1.82) is 0 Å². The van der Waals surface area contributed by atoms with Gasteiger partial charge >= 0.3 is 0 Å². The van der Waals surface area contributed by atoms with E-state index in [0.717, 1.165) is 22.2 Å². The van der Waals surface area contributed by atoms with Crippen molar-refractivity contribution in [2.75, 3.05) is 14.2 Å². The van der Waals surface area contributed by atoms with E-state index < -0.39 is 0 Å². The number of hydrogen-bond acceptors (Lipinski definition) is 4. The van der Waals surface area contributed by atoms with E-state index in [1.807, 2.05) is 48.0 Å². The molecular formula is C19H21N3O3. The lowest BCUT2D eigenvalue weighted by atomic mass is 10.1. The number of imidazole rings is 1. The van der Waals surface area contributed by atoms with Crippen molar-refractivity contribution in [1.82, 2.24) is 14.9 Å². The molecule has 0 fully saturated rings. The maximum atomic E-state index is 12.2. The van der Waals surface area contributed by atoms with Gasteiger partial charge in [0.1, 0.15) is 0 Å². The predicted octanol–water partition coefficient (Wildman–Crippen LogP) is 2.45. The number of methoxy groups -OCH3 is 2. The number of nitrogens with one attached hydrogen (secondary N) is 1. The summed E-state index contributed by atoms with van der Waals surface area (Å²) in [5.41, 5.74) is 3.84. The maximum absolute atomic E-state index is 12.2. The molecule has 2 aromatic carbocycles. The number of carbonyl (C=O) groups excluding carboxylic acids is 1. The molecule has 0 aliphatic carbocycles. The molecule has 1 amide bonds. The molecule has 0 saturated heterocycles. The molecule has 0 radical (unpaired) electrons. The average molecular weight is 339 g/mol. The first-order valence-electron chi connectivity index (χ1n) is 7.98. The van der Waals surface area contributed by atoms with Crippen LogP contribution in [0.15, 0.2) is 42.7 Å². The summed E-state index contributed by atoms with van der Waals surface area (Å²) in [6.07, 6.45) is 2.09. The largest absolute Gasteiger partial charge is 0.493 e. The van der Waals surface area contributed by atoms with Gasteiger partial charge in [0, 0.05) is 13.6 Å². The van der Waals surface area contributed by atoms with Crippen LogP contribution in [0, 0.1) is 0 Å². The Morgan fingerprint density at radius 2 is 1.84 bits per heavy atom.